The number of carbonyl (C=O) groups is 2. The molecule has 0 saturated heterocycles. The van der Waals surface area contributed by atoms with Crippen molar-refractivity contribution < 1.29 is 42.1 Å². The molecule has 1 unspecified atom stereocenters. The Morgan fingerprint density at radius 3 is 2.16 bits per heavy atom. The molecule has 244 valence electrons. The number of carboxylic acids is 1. The average molecular weight is 635 g/mol. The minimum Gasteiger partial charge on any atom is -0.495 e. The molecule has 3 aromatic carbocycles. The molecular weight excluding hydrogens is 597 g/mol. The van der Waals surface area contributed by atoms with Crippen LogP contribution in [0.4, 0.5) is 24.5 Å². The summed E-state index contributed by atoms with van der Waals surface area (Å²) in [6, 6.07) is 18.9. The normalized spacial score (nSPS) is 11.4. The minimum atomic E-state index is -5.08. The monoisotopic (exact) mass is 634 g/mol. The van der Waals surface area contributed by atoms with Crippen LogP contribution in [0.3, 0.4) is 0 Å². The molecular formula is C30H37F3N6O6. The van der Waals surface area contributed by atoms with Gasteiger partial charge in [0, 0.05) is 23.9 Å². The Hall–Kier alpha value is -5.18. The molecule has 0 aliphatic heterocycles. The third-order valence-corrected chi connectivity index (χ3v) is 5.79. The second kappa shape index (κ2) is 17.2. The van der Waals surface area contributed by atoms with E-state index in [0.29, 0.717) is 53.0 Å². The molecule has 0 radical (unpaired) electrons. The Kier molecular flexibility index (Phi) is 13.8. The molecule has 0 spiro atoms. The van der Waals surface area contributed by atoms with Crippen LogP contribution in [0.25, 0.3) is 0 Å². The van der Waals surface area contributed by atoms with Crippen LogP contribution < -0.4 is 36.1 Å². The number of anilines is 2. The minimum absolute atomic E-state index is 0.0317. The van der Waals surface area contributed by atoms with Crippen LogP contribution in [0.2, 0.25) is 0 Å². The van der Waals surface area contributed by atoms with Crippen molar-refractivity contribution in [3.63, 3.8) is 0 Å². The smallest absolute Gasteiger partial charge is 0.490 e. The van der Waals surface area contributed by atoms with Gasteiger partial charge in [-0.25, -0.2) is 4.79 Å². The van der Waals surface area contributed by atoms with E-state index in [2.05, 4.69) is 16.2 Å². The first-order valence-corrected chi connectivity index (χ1v) is 13.5. The van der Waals surface area contributed by atoms with Crippen LogP contribution in [0.5, 0.6) is 17.2 Å². The Bertz CT molecular complexity index is 1420. The second-order valence-electron chi connectivity index (χ2n) is 9.51. The molecule has 0 bridgehead atoms. The lowest BCUT2D eigenvalue weighted by atomic mass is 10.0. The standard InChI is InChI=1S/C28H36N6O4.C2HF3O2/c1-5-37-22-16-20(17-23(18-22)38-15-14-34(2)3)26(31-21-12-10-19(11-13-21)27(29)30)28(35)33-32-24-8-6-7-9-25(24)36-4;3-2(4,5)1(6)7/h6-13,16-18,26,31-32H,5,14-15H2,1-4H3,(H3,29,30)(H,33,35);(H,6,7). The number of amidine groups is 1. The molecule has 0 aromatic heterocycles. The number of amides is 1. The predicted octanol–water partition coefficient (Wildman–Crippen LogP) is 4.25. The Balaban J connectivity index is 0.000000900. The van der Waals surface area contributed by atoms with E-state index >= 15 is 0 Å². The van der Waals surface area contributed by atoms with E-state index in [1.54, 1.807) is 43.5 Å². The van der Waals surface area contributed by atoms with E-state index < -0.39 is 18.2 Å². The first kappa shape index (κ1) is 36.0. The number of nitrogen functional groups attached to an aromatic ring is 1. The van der Waals surface area contributed by atoms with E-state index in [-0.39, 0.29) is 11.7 Å². The van der Waals surface area contributed by atoms with Crippen molar-refractivity contribution in [2.45, 2.75) is 19.1 Å². The highest BCUT2D eigenvalue weighted by Gasteiger charge is 2.38. The lowest BCUT2D eigenvalue weighted by molar-refractivity contribution is -0.192. The van der Waals surface area contributed by atoms with E-state index in [1.165, 1.54) is 0 Å². The number of rotatable bonds is 14. The first-order chi connectivity index (χ1) is 21.2. The van der Waals surface area contributed by atoms with Crippen molar-refractivity contribution in [1.29, 1.82) is 5.41 Å². The average Bonchev–Trinajstić information content (AvgIpc) is 2.98. The van der Waals surface area contributed by atoms with Crippen LogP contribution in [-0.4, -0.2) is 74.9 Å². The summed E-state index contributed by atoms with van der Waals surface area (Å²) in [4.78, 5) is 24.5. The van der Waals surface area contributed by atoms with E-state index in [4.69, 9.17) is 35.3 Å². The first-order valence-electron chi connectivity index (χ1n) is 13.5. The fraction of sp³-hybridized carbons (Fsp3) is 0.300. The number of nitrogens with zero attached hydrogens (tertiary/aromatic N) is 1. The number of hydrogen-bond donors (Lipinski definition) is 6. The third-order valence-electron chi connectivity index (χ3n) is 5.79. The van der Waals surface area contributed by atoms with Gasteiger partial charge in [0.2, 0.25) is 0 Å². The molecule has 0 heterocycles. The second-order valence-corrected chi connectivity index (χ2v) is 9.51. The molecule has 0 fully saturated rings. The van der Waals surface area contributed by atoms with Crippen molar-refractivity contribution in [2.24, 2.45) is 5.73 Å². The number of nitrogens with two attached hydrogens (primary N) is 1. The number of aliphatic carboxylic acids is 1. The van der Waals surface area contributed by atoms with Crippen molar-refractivity contribution >= 4 is 29.1 Å². The quantitative estimate of drug-likeness (QED) is 0.0856. The third kappa shape index (κ3) is 12.1. The van der Waals surface area contributed by atoms with Crippen molar-refractivity contribution in [1.82, 2.24) is 10.3 Å². The predicted molar refractivity (Wildman–Crippen MR) is 164 cm³/mol. The van der Waals surface area contributed by atoms with Gasteiger partial charge in [0.1, 0.15) is 35.7 Å². The fourth-order valence-corrected chi connectivity index (χ4v) is 3.60. The molecule has 7 N–H and O–H groups in total. The number of ether oxygens (including phenoxy) is 3. The molecule has 3 aromatic rings. The van der Waals surface area contributed by atoms with E-state index in [0.717, 1.165) is 6.54 Å². The van der Waals surface area contributed by atoms with Gasteiger partial charge in [-0.2, -0.15) is 13.2 Å². The van der Waals surface area contributed by atoms with Crippen LogP contribution in [0.1, 0.15) is 24.1 Å². The number of likely N-dealkylation sites (N-methyl/N-ethyl adjacent to an activating group) is 1. The zero-order chi connectivity index (χ0) is 33.6. The molecule has 0 aliphatic rings. The van der Waals surface area contributed by atoms with Gasteiger partial charge in [0.25, 0.3) is 5.91 Å². The lowest BCUT2D eigenvalue weighted by Gasteiger charge is -2.22. The molecule has 1 atom stereocenters. The number of methoxy groups -OCH3 is 1. The summed E-state index contributed by atoms with van der Waals surface area (Å²) in [5, 5.41) is 18.0. The maximum atomic E-state index is 13.6. The zero-order valence-electron chi connectivity index (χ0n) is 25.2. The summed E-state index contributed by atoms with van der Waals surface area (Å²) in [5.41, 5.74) is 13.8. The maximum absolute atomic E-state index is 13.6. The molecule has 45 heavy (non-hydrogen) atoms. The molecule has 1 amide bonds. The highest BCUT2D eigenvalue weighted by molar-refractivity contribution is 5.95. The molecule has 12 nitrogen and oxygen atoms in total. The topological polar surface area (TPSA) is 171 Å². The SMILES string of the molecule is CCOc1cc(OCCN(C)C)cc(C(Nc2ccc(C(=N)N)cc2)C(=O)NNc2ccccc2OC)c1.O=C(O)C(F)(F)F. The van der Waals surface area contributed by atoms with Gasteiger partial charge in [-0.15, -0.1) is 0 Å². The lowest BCUT2D eigenvalue weighted by Crippen LogP contribution is -2.37. The fourth-order valence-electron chi connectivity index (χ4n) is 3.60. The van der Waals surface area contributed by atoms with Crippen LogP contribution in [0.15, 0.2) is 66.7 Å². The molecule has 0 saturated carbocycles. The molecule has 15 heteroatoms. The van der Waals surface area contributed by atoms with Crippen LogP contribution >= 0.6 is 0 Å². The Morgan fingerprint density at radius 1 is 1.02 bits per heavy atom. The van der Waals surface area contributed by atoms with Crippen molar-refractivity contribution in [3.8, 4) is 17.2 Å². The van der Waals surface area contributed by atoms with Crippen LogP contribution in [0, 0.1) is 5.41 Å². The van der Waals surface area contributed by atoms with Gasteiger partial charge in [-0.1, -0.05) is 12.1 Å². The van der Waals surface area contributed by atoms with Crippen molar-refractivity contribution in [3.05, 3.63) is 77.9 Å². The number of hydrazine groups is 1. The highest BCUT2D eigenvalue weighted by Crippen LogP contribution is 2.30. The van der Waals surface area contributed by atoms with Gasteiger partial charge >= 0.3 is 12.1 Å². The van der Waals surface area contributed by atoms with Gasteiger partial charge in [0.15, 0.2) is 0 Å². The Morgan fingerprint density at radius 2 is 1.62 bits per heavy atom. The number of carboxylic acid groups (broad SMARTS) is 1. The number of hydrogen-bond acceptors (Lipinski definition) is 9. The summed E-state index contributed by atoms with van der Waals surface area (Å²) in [7, 11) is 5.51. The number of carbonyl (C=O) groups excluding carboxylic acids is 1. The number of halogens is 3. The van der Waals surface area contributed by atoms with Gasteiger partial charge in [0.05, 0.1) is 19.4 Å². The summed E-state index contributed by atoms with van der Waals surface area (Å²) in [5.74, 6) is -1.36. The van der Waals surface area contributed by atoms with Crippen LogP contribution in [-0.2, 0) is 9.59 Å². The summed E-state index contributed by atoms with van der Waals surface area (Å²) in [6.45, 7) is 3.58. The number of benzene rings is 3. The summed E-state index contributed by atoms with van der Waals surface area (Å²) in [6.07, 6.45) is -5.08. The van der Waals surface area contributed by atoms with E-state index in [1.807, 2.05) is 56.3 Å². The largest absolute Gasteiger partial charge is 0.495 e. The van der Waals surface area contributed by atoms with Gasteiger partial charge in [-0.05, 0) is 75.1 Å². The number of para-hydroxylation sites is 2. The zero-order valence-corrected chi connectivity index (χ0v) is 25.2. The summed E-state index contributed by atoms with van der Waals surface area (Å²) >= 11 is 0. The molecule has 3 rings (SSSR count). The summed E-state index contributed by atoms with van der Waals surface area (Å²) < 4.78 is 48.9. The number of alkyl halides is 3. The maximum Gasteiger partial charge on any atom is 0.490 e. The van der Waals surface area contributed by atoms with Gasteiger partial charge < -0.3 is 35.3 Å². The van der Waals surface area contributed by atoms with Crippen molar-refractivity contribution in [2.75, 3.05) is 51.7 Å². The Labute approximate surface area is 258 Å². The molecule has 0 aliphatic carbocycles. The van der Waals surface area contributed by atoms with E-state index in [9.17, 15) is 18.0 Å². The van der Waals surface area contributed by atoms with Gasteiger partial charge in [-0.3, -0.25) is 21.1 Å². The highest BCUT2D eigenvalue weighted by atomic mass is 19.4. The number of nitrogens with one attached hydrogen (secondary N) is 4.